The second kappa shape index (κ2) is 7.22. The maximum atomic E-state index is 13.1. The normalized spacial score (nSPS) is 12.0. The molecule has 0 saturated heterocycles. The molecule has 0 unspecified atom stereocenters. The molecule has 0 radical (unpaired) electrons. The summed E-state index contributed by atoms with van der Waals surface area (Å²) in [6, 6.07) is 22.7. The number of carbonyl (C=O) groups excluding carboxylic acids is 1. The second-order valence-electron chi connectivity index (χ2n) is 5.89. The van der Waals surface area contributed by atoms with Crippen LogP contribution in [0, 0.1) is 0 Å². The molecular formula is C21H16BrNO3. The fraction of sp³-hybridized carbons (Fsp3) is 0.0952. The van der Waals surface area contributed by atoms with Crippen LogP contribution in [-0.4, -0.2) is 12.7 Å². The number of fused-ring (bicyclic) bond motifs is 1. The Morgan fingerprint density at radius 1 is 0.923 bits per heavy atom. The van der Waals surface area contributed by atoms with Crippen molar-refractivity contribution in [2.45, 2.75) is 6.54 Å². The maximum Gasteiger partial charge on any atom is 0.258 e. The lowest BCUT2D eigenvalue weighted by atomic mass is 10.1. The summed E-state index contributed by atoms with van der Waals surface area (Å²) in [6.45, 7) is 0.630. The third-order valence-corrected chi connectivity index (χ3v) is 4.94. The molecule has 4 nitrogen and oxygen atoms in total. The number of halogens is 1. The van der Waals surface area contributed by atoms with Crippen molar-refractivity contribution in [1.82, 2.24) is 0 Å². The van der Waals surface area contributed by atoms with Crippen LogP contribution < -0.4 is 14.4 Å². The van der Waals surface area contributed by atoms with Crippen molar-refractivity contribution in [2.24, 2.45) is 0 Å². The van der Waals surface area contributed by atoms with Gasteiger partial charge in [-0.25, -0.2) is 0 Å². The number of nitrogens with zero attached hydrogens (tertiary/aromatic N) is 1. The van der Waals surface area contributed by atoms with Crippen molar-refractivity contribution < 1.29 is 14.3 Å². The molecule has 0 aromatic heterocycles. The van der Waals surface area contributed by atoms with Gasteiger partial charge < -0.3 is 14.4 Å². The van der Waals surface area contributed by atoms with E-state index in [1.54, 1.807) is 4.90 Å². The molecule has 3 aromatic carbocycles. The fourth-order valence-electron chi connectivity index (χ4n) is 2.88. The van der Waals surface area contributed by atoms with Crippen molar-refractivity contribution in [1.29, 1.82) is 0 Å². The number of ether oxygens (including phenoxy) is 2. The number of hydrogen-bond donors (Lipinski definition) is 0. The van der Waals surface area contributed by atoms with Crippen molar-refractivity contribution in [3.63, 3.8) is 0 Å². The zero-order valence-electron chi connectivity index (χ0n) is 13.9. The quantitative estimate of drug-likeness (QED) is 0.606. The van der Waals surface area contributed by atoms with E-state index in [9.17, 15) is 4.79 Å². The number of benzene rings is 3. The van der Waals surface area contributed by atoms with Gasteiger partial charge in [0.05, 0.1) is 6.54 Å². The highest BCUT2D eigenvalue weighted by molar-refractivity contribution is 9.10. The van der Waals surface area contributed by atoms with Crippen molar-refractivity contribution in [2.75, 3.05) is 11.7 Å². The third kappa shape index (κ3) is 3.30. The molecule has 0 N–H and O–H groups in total. The zero-order chi connectivity index (χ0) is 17.9. The van der Waals surface area contributed by atoms with Crippen LogP contribution in [-0.2, 0) is 6.54 Å². The number of hydrogen-bond acceptors (Lipinski definition) is 3. The molecule has 4 rings (SSSR count). The molecule has 1 amide bonds. The van der Waals surface area contributed by atoms with Gasteiger partial charge in [0.25, 0.3) is 5.91 Å². The molecule has 130 valence electrons. The van der Waals surface area contributed by atoms with E-state index in [0.29, 0.717) is 23.6 Å². The Bertz CT molecular complexity index is 929. The molecule has 26 heavy (non-hydrogen) atoms. The SMILES string of the molecule is O=C(c1ccccc1)N(Cc1cc2c(cc1Br)OCO2)c1ccccc1. The predicted octanol–water partition coefficient (Wildman–Crippen LogP) is 5.02. The van der Waals surface area contributed by atoms with Gasteiger partial charge in [0.1, 0.15) is 0 Å². The van der Waals surface area contributed by atoms with Crippen molar-refractivity contribution >= 4 is 27.5 Å². The van der Waals surface area contributed by atoms with Gasteiger partial charge in [-0.05, 0) is 42.0 Å². The first-order chi connectivity index (χ1) is 12.7. The average molecular weight is 410 g/mol. The first kappa shape index (κ1) is 16.7. The topological polar surface area (TPSA) is 38.8 Å². The van der Waals surface area contributed by atoms with Crippen LogP contribution in [0.5, 0.6) is 11.5 Å². The van der Waals surface area contributed by atoms with Gasteiger partial charge in [-0.2, -0.15) is 0 Å². The highest BCUT2D eigenvalue weighted by atomic mass is 79.9. The highest BCUT2D eigenvalue weighted by Gasteiger charge is 2.22. The van der Waals surface area contributed by atoms with Crippen LogP contribution in [0.15, 0.2) is 77.3 Å². The third-order valence-electron chi connectivity index (χ3n) is 4.20. The standard InChI is InChI=1S/C21H16BrNO3/c22-18-12-20-19(25-14-26-20)11-16(18)13-23(17-9-5-2-6-10-17)21(24)15-7-3-1-4-8-15/h1-12H,13-14H2. The summed E-state index contributed by atoms with van der Waals surface area (Å²) in [5.41, 5.74) is 2.43. The van der Waals surface area contributed by atoms with Gasteiger partial charge >= 0.3 is 0 Å². The van der Waals surface area contributed by atoms with Crippen LogP contribution in [0.4, 0.5) is 5.69 Å². The molecule has 0 aliphatic carbocycles. The van der Waals surface area contributed by atoms with Gasteiger partial charge in [0.15, 0.2) is 11.5 Å². The largest absolute Gasteiger partial charge is 0.454 e. The van der Waals surface area contributed by atoms with E-state index in [1.165, 1.54) is 0 Å². The molecule has 5 heteroatoms. The van der Waals surface area contributed by atoms with E-state index in [0.717, 1.165) is 15.7 Å². The summed E-state index contributed by atoms with van der Waals surface area (Å²) >= 11 is 3.58. The Hall–Kier alpha value is -2.79. The lowest BCUT2D eigenvalue weighted by Crippen LogP contribution is -2.30. The predicted molar refractivity (Wildman–Crippen MR) is 104 cm³/mol. The first-order valence-electron chi connectivity index (χ1n) is 8.22. The van der Waals surface area contributed by atoms with E-state index < -0.39 is 0 Å². The number of amides is 1. The van der Waals surface area contributed by atoms with Gasteiger partial charge in [-0.3, -0.25) is 4.79 Å². The Morgan fingerprint density at radius 3 is 2.23 bits per heavy atom. The Kier molecular flexibility index (Phi) is 4.63. The van der Waals surface area contributed by atoms with Crippen LogP contribution in [0.1, 0.15) is 15.9 Å². The van der Waals surface area contributed by atoms with Crippen molar-refractivity contribution in [3.05, 3.63) is 88.4 Å². The molecule has 0 fully saturated rings. The highest BCUT2D eigenvalue weighted by Crippen LogP contribution is 2.37. The number of carbonyl (C=O) groups is 1. The maximum absolute atomic E-state index is 13.1. The molecular weight excluding hydrogens is 394 g/mol. The molecule has 3 aromatic rings. The van der Waals surface area contributed by atoms with E-state index in [-0.39, 0.29) is 12.7 Å². The van der Waals surface area contributed by atoms with Crippen LogP contribution in [0.3, 0.4) is 0 Å². The lowest BCUT2D eigenvalue weighted by Gasteiger charge is -2.24. The van der Waals surface area contributed by atoms with Crippen LogP contribution in [0.25, 0.3) is 0 Å². The first-order valence-corrected chi connectivity index (χ1v) is 9.01. The van der Waals surface area contributed by atoms with Crippen LogP contribution >= 0.6 is 15.9 Å². The van der Waals surface area contributed by atoms with E-state index in [1.807, 2.05) is 72.8 Å². The monoisotopic (exact) mass is 409 g/mol. The number of para-hydroxylation sites is 1. The number of anilines is 1. The second-order valence-corrected chi connectivity index (χ2v) is 6.74. The molecule has 1 aliphatic rings. The molecule has 0 atom stereocenters. The summed E-state index contributed by atoms with van der Waals surface area (Å²) in [5, 5.41) is 0. The minimum Gasteiger partial charge on any atom is -0.454 e. The molecule has 1 aliphatic heterocycles. The van der Waals surface area contributed by atoms with E-state index in [2.05, 4.69) is 15.9 Å². The molecule has 0 bridgehead atoms. The van der Waals surface area contributed by atoms with Crippen molar-refractivity contribution in [3.8, 4) is 11.5 Å². The Balaban J connectivity index is 1.71. The Morgan fingerprint density at radius 2 is 1.54 bits per heavy atom. The van der Waals surface area contributed by atoms with Gasteiger partial charge in [0.2, 0.25) is 6.79 Å². The van der Waals surface area contributed by atoms with Gasteiger partial charge in [-0.15, -0.1) is 0 Å². The smallest absolute Gasteiger partial charge is 0.258 e. The number of rotatable bonds is 4. The average Bonchev–Trinajstić information content (AvgIpc) is 3.14. The Labute approximate surface area is 160 Å². The molecule has 0 spiro atoms. The molecule has 1 heterocycles. The summed E-state index contributed by atoms with van der Waals surface area (Å²) in [4.78, 5) is 14.9. The minimum absolute atomic E-state index is 0.0543. The lowest BCUT2D eigenvalue weighted by molar-refractivity contribution is 0.0985. The minimum atomic E-state index is -0.0543. The van der Waals surface area contributed by atoms with Crippen LogP contribution in [0.2, 0.25) is 0 Å². The van der Waals surface area contributed by atoms with Gasteiger partial charge in [-0.1, -0.05) is 52.3 Å². The van der Waals surface area contributed by atoms with Gasteiger partial charge in [0, 0.05) is 15.7 Å². The summed E-state index contributed by atoms with van der Waals surface area (Å²) in [7, 11) is 0. The van der Waals surface area contributed by atoms with E-state index >= 15 is 0 Å². The fourth-order valence-corrected chi connectivity index (χ4v) is 3.32. The summed E-state index contributed by atoms with van der Waals surface area (Å²) in [5.74, 6) is 1.35. The van der Waals surface area contributed by atoms with E-state index in [4.69, 9.17) is 9.47 Å². The summed E-state index contributed by atoms with van der Waals surface area (Å²) < 4.78 is 11.8. The summed E-state index contributed by atoms with van der Waals surface area (Å²) in [6.07, 6.45) is 0. The molecule has 0 saturated carbocycles. The zero-order valence-corrected chi connectivity index (χ0v) is 15.5.